The second-order valence-electron chi connectivity index (χ2n) is 6.67. The van der Waals surface area contributed by atoms with E-state index in [1.165, 1.54) is 11.9 Å². The van der Waals surface area contributed by atoms with E-state index >= 15 is 0 Å². The number of aromatic nitrogens is 4. The van der Waals surface area contributed by atoms with Gasteiger partial charge in [-0.15, -0.1) is 0 Å². The van der Waals surface area contributed by atoms with Crippen LogP contribution in [0.15, 0.2) is 30.3 Å². The van der Waals surface area contributed by atoms with Gasteiger partial charge in [0.2, 0.25) is 0 Å². The summed E-state index contributed by atoms with van der Waals surface area (Å²) in [6, 6.07) is 10.9. The number of nitrogens with zero attached hydrogens (tertiary/aromatic N) is 5. The third kappa shape index (κ3) is 2.77. The van der Waals surface area contributed by atoms with Gasteiger partial charge in [0.15, 0.2) is 0 Å². The quantitative estimate of drug-likeness (QED) is 0.721. The first-order valence-electron chi connectivity index (χ1n) is 9.27. The Hall–Kier alpha value is -2.43. The standard InChI is InChI=1S/C20H25N5/c1-4-15-13-19(22-14(3)21-15)25-12-8-11-18(25)20-23-16-9-6-7-10-17(16)24(20)5-2/h6-7,9-10,13,18H,4-5,8,11-12H2,1-3H3. The van der Waals surface area contributed by atoms with E-state index in [2.05, 4.69) is 58.6 Å². The first-order chi connectivity index (χ1) is 12.2. The van der Waals surface area contributed by atoms with Gasteiger partial charge in [0.25, 0.3) is 0 Å². The van der Waals surface area contributed by atoms with Crippen molar-refractivity contribution in [3.8, 4) is 0 Å². The summed E-state index contributed by atoms with van der Waals surface area (Å²) in [6.45, 7) is 8.28. The second kappa shape index (κ2) is 6.47. The maximum Gasteiger partial charge on any atom is 0.133 e. The number of rotatable bonds is 4. The topological polar surface area (TPSA) is 46.8 Å². The van der Waals surface area contributed by atoms with Crippen LogP contribution in [-0.4, -0.2) is 26.1 Å². The van der Waals surface area contributed by atoms with Gasteiger partial charge in [0, 0.05) is 24.8 Å². The fraction of sp³-hybridized carbons (Fsp3) is 0.450. The molecule has 0 saturated carbocycles. The van der Waals surface area contributed by atoms with Crippen molar-refractivity contribution in [2.24, 2.45) is 0 Å². The van der Waals surface area contributed by atoms with Crippen LogP contribution in [0.25, 0.3) is 11.0 Å². The Morgan fingerprint density at radius 3 is 2.76 bits per heavy atom. The lowest BCUT2D eigenvalue weighted by molar-refractivity contribution is 0.604. The molecule has 0 aliphatic carbocycles. The number of aryl methyl sites for hydroxylation is 3. The third-order valence-corrected chi connectivity index (χ3v) is 5.09. The smallest absolute Gasteiger partial charge is 0.133 e. The third-order valence-electron chi connectivity index (χ3n) is 5.09. The first kappa shape index (κ1) is 16.1. The zero-order valence-corrected chi connectivity index (χ0v) is 15.2. The zero-order chi connectivity index (χ0) is 17.4. The minimum absolute atomic E-state index is 0.284. The van der Waals surface area contributed by atoms with E-state index in [-0.39, 0.29) is 6.04 Å². The molecule has 0 N–H and O–H groups in total. The van der Waals surface area contributed by atoms with Crippen LogP contribution in [0.1, 0.15) is 50.1 Å². The van der Waals surface area contributed by atoms with Crippen LogP contribution in [0.4, 0.5) is 5.82 Å². The van der Waals surface area contributed by atoms with E-state index in [9.17, 15) is 0 Å². The van der Waals surface area contributed by atoms with Gasteiger partial charge in [0.05, 0.1) is 17.1 Å². The molecule has 1 unspecified atom stereocenters. The van der Waals surface area contributed by atoms with E-state index in [0.29, 0.717) is 0 Å². The highest BCUT2D eigenvalue weighted by Gasteiger charge is 2.31. The maximum absolute atomic E-state index is 4.98. The van der Waals surface area contributed by atoms with Gasteiger partial charge in [-0.05, 0) is 45.2 Å². The predicted octanol–water partition coefficient (Wildman–Crippen LogP) is 4.06. The summed E-state index contributed by atoms with van der Waals surface area (Å²) < 4.78 is 2.35. The molecule has 3 heterocycles. The average molecular weight is 335 g/mol. The van der Waals surface area contributed by atoms with Crippen molar-refractivity contribution in [3.05, 3.63) is 47.7 Å². The van der Waals surface area contributed by atoms with E-state index in [1.54, 1.807) is 0 Å². The van der Waals surface area contributed by atoms with Crippen molar-refractivity contribution in [1.29, 1.82) is 0 Å². The molecule has 25 heavy (non-hydrogen) atoms. The van der Waals surface area contributed by atoms with Gasteiger partial charge < -0.3 is 9.47 Å². The van der Waals surface area contributed by atoms with E-state index < -0.39 is 0 Å². The van der Waals surface area contributed by atoms with Gasteiger partial charge in [-0.25, -0.2) is 15.0 Å². The number of para-hydroxylation sites is 2. The largest absolute Gasteiger partial charge is 0.346 e. The van der Waals surface area contributed by atoms with Gasteiger partial charge in [-0.1, -0.05) is 19.1 Å². The molecule has 1 aromatic carbocycles. The maximum atomic E-state index is 4.98. The van der Waals surface area contributed by atoms with Crippen molar-refractivity contribution in [2.45, 2.75) is 52.6 Å². The van der Waals surface area contributed by atoms with Crippen molar-refractivity contribution >= 4 is 16.9 Å². The molecule has 0 radical (unpaired) electrons. The highest BCUT2D eigenvalue weighted by atomic mass is 15.3. The Bertz CT molecular complexity index is 898. The van der Waals surface area contributed by atoms with Crippen molar-refractivity contribution in [3.63, 3.8) is 0 Å². The molecule has 0 spiro atoms. The molecular formula is C20H25N5. The van der Waals surface area contributed by atoms with Gasteiger partial charge >= 0.3 is 0 Å². The Balaban J connectivity index is 1.79. The SMILES string of the molecule is CCc1cc(N2CCCC2c2nc3ccccc3n2CC)nc(C)n1. The fourth-order valence-corrected chi connectivity index (χ4v) is 3.93. The molecular weight excluding hydrogens is 310 g/mol. The Kier molecular flexibility index (Phi) is 4.15. The molecule has 2 aromatic heterocycles. The van der Waals surface area contributed by atoms with Gasteiger partial charge in [-0.3, -0.25) is 0 Å². The lowest BCUT2D eigenvalue weighted by Gasteiger charge is -2.26. The normalized spacial score (nSPS) is 17.6. The number of hydrogen-bond donors (Lipinski definition) is 0. The van der Waals surface area contributed by atoms with Gasteiger partial charge in [-0.2, -0.15) is 0 Å². The van der Waals surface area contributed by atoms with Crippen LogP contribution in [0.5, 0.6) is 0 Å². The highest BCUT2D eigenvalue weighted by molar-refractivity contribution is 5.76. The lowest BCUT2D eigenvalue weighted by atomic mass is 10.2. The molecule has 1 aliphatic heterocycles. The summed E-state index contributed by atoms with van der Waals surface area (Å²) in [6.07, 6.45) is 3.22. The molecule has 5 heteroatoms. The second-order valence-corrected chi connectivity index (χ2v) is 6.67. The summed E-state index contributed by atoms with van der Waals surface area (Å²) >= 11 is 0. The van der Waals surface area contributed by atoms with E-state index in [4.69, 9.17) is 9.97 Å². The summed E-state index contributed by atoms with van der Waals surface area (Å²) in [7, 11) is 0. The average Bonchev–Trinajstić information content (AvgIpc) is 3.24. The molecule has 1 atom stereocenters. The lowest BCUT2D eigenvalue weighted by Crippen LogP contribution is -2.26. The van der Waals surface area contributed by atoms with Crippen LogP contribution >= 0.6 is 0 Å². The number of fused-ring (bicyclic) bond motifs is 1. The van der Waals surface area contributed by atoms with Gasteiger partial charge in [0.1, 0.15) is 17.5 Å². The first-order valence-corrected chi connectivity index (χ1v) is 9.27. The number of anilines is 1. The Morgan fingerprint density at radius 2 is 1.96 bits per heavy atom. The fourth-order valence-electron chi connectivity index (χ4n) is 3.93. The molecule has 4 rings (SSSR count). The van der Waals surface area contributed by atoms with E-state index in [0.717, 1.165) is 54.6 Å². The summed E-state index contributed by atoms with van der Waals surface area (Å²) in [5.41, 5.74) is 3.41. The number of hydrogen-bond acceptors (Lipinski definition) is 4. The molecule has 130 valence electrons. The molecule has 0 amide bonds. The minimum Gasteiger partial charge on any atom is -0.346 e. The Labute approximate surface area is 148 Å². The monoisotopic (exact) mass is 335 g/mol. The summed E-state index contributed by atoms with van der Waals surface area (Å²) in [4.78, 5) is 16.7. The van der Waals surface area contributed by atoms with E-state index in [1.807, 2.05) is 6.92 Å². The highest BCUT2D eigenvalue weighted by Crippen LogP contribution is 2.36. The summed E-state index contributed by atoms with van der Waals surface area (Å²) in [5.74, 6) is 3.06. The van der Waals surface area contributed by atoms with Crippen LogP contribution in [0.2, 0.25) is 0 Å². The number of imidazole rings is 1. The molecule has 1 saturated heterocycles. The number of benzene rings is 1. The van der Waals surface area contributed by atoms with Crippen LogP contribution in [-0.2, 0) is 13.0 Å². The van der Waals surface area contributed by atoms with Crippen molar-refractivity contribution in [2.75, 3.05) is 11.4 Å². The molecule has 3 aromatic rings. The van der Waals surface area contributed by atoms with Crippen LogP contribution < -0.4 is 4.90 Å². The van der Waals surface area contributed by atoms with Crippen LogP contribution in [0.3, 0.4) is 0 Å². The molecule has 1 fully saturated rings. The zero-order valence-electron chi connectivity index (χ0n) is 15.2. The summed E-state index contributed by atoms with van der Waals surface area (Å²) in [5, 5.41) is 0. The minimum atomic E-state index is 0.284. The molecule has 5 nitrogen and oxygen atoms in total. The van der Waals surface area contributed by atoms with Crippen LogP contribution in [0, 0.1) is 6.92 Å². The molecule has 0 bridgehead atoms. The molecule has 1 aliphatic rings. The van der Waals surface area contributed by atoms with Crippen molar-refractivity contribution < 1.29 is 0 Å². The van der Waals surface area contributed by atoms with Crippen molar-refractivity contribution in [1.82, 2.24) is 19.5 Å². The Morgan fingerprint density at radius 1 is 1.12 bits per heavy atom. The predicted molar refractivity (Wildman–Crippen MR) is 101 cm³/mol.